The zero-order valence-electron chi connectivity index (χ0n) is 49.6. The number of benzene rings is 7. The highest BCUT2D eigenvalue weighted by Gasteiger charge is 2.17. The maximum absolute atomic E-state index is 11.1. The van der Waals surface area contributed by atoms with E-state index < -0.39 is 45.8 Å². The summed E-state index contributed by atoms with van der Waals surface area (Å²) in [6.07, 6.45) is 1.91. The number of fused-ring (bicyclic) bond motifs is 3. The second-order valence-corrected chi connectivity index (χ2v) is 24.1. The molecule has 0 spiro atoms. The van der Waals surface area contributed by atoms with Gasteiger partial charge in [0.1, 0.15) is 5.00 Å². The molecular weight excluding hydrogens is 1370 g/mol. The Hall–Kier alpha value is -9.46. The number of nitrogens with zero attached hydrogens (tertiary/aromatic N) is 13. The summed E-state index contributed by atoms with van der Waals surface area (Å²) in [5, 5.41) is 69.7. The molecule has 0 saturated carbocycles. The number of anilines is 3. The third-order valence-electron chi connectivity index (χ3n) is 12.5. The molecule has 10 aromatic rings. The Balaban J connectivity index is 0.000000264. The number of nitrogen functional groups attached to an aromatic ring is 1. The standard InChI is InChI=1S/C24H23N5O2S.C17H21N.C7H4N4O6S2.C7H5N3O2S.CH4.H3NO5S.H2O4S/c1-3-18-14-19(28(4-2)16-17-8-6-5-7-9-17)10-12-22(18)25-26-24-21-15-20(29(30)31)11-13-23(21)27-32-24;1-3-15-11-8-12-17(13-15)18(4-2)14-16-9-6-5-7-10-16;12-11(13)4-1-2-6-5(3-4)7(18-9-6)8-10-19(15,16)17-14;8-7-5-3-4(10(11)12)1-2-6(5)9-13-7;;2-1-7(4,5)6-3;1-5(2,3)4/h5-15H,3-4,16H2,1-2H3;5-13H,3-4,14H2,1-2H3;1-3,14H;1-3H,8H2;1H4;2-3H,(H,1,4,5);(H2,1,2,3,4). The van der Waals surface area contributed by atoms with Gasteiger partial charge in [0.05, 0.1) is 37.0 Å². The van der Waals surface area contributed by atoms with Crippen LogP contribution in [-0.4, -0.2) is 91.4 Å². The molecule has 0 amide bonds. The Bertz CT molecular complexity index is 4610. The Morgan fingerprint density at radius 3 is 1.37 bits per heavy atom. The van der Waals surface area contributed by atoms with Crippen molar-refractivity contribution in [3.63, 3.8) is 0 Å². The highest BCUT2D eigenvalue weighted by atomic mass is 32.3. The van der Waals surface area contributed by atoms with Gasteiger partial charge in [0.15, 0.2) is 10.0 Å². The number of aryl methyl sites for hydroxylation is 2. The summed E-state index contributed by atoms with van der Waals surface area (Å²) >= 11 is 3.13. The number of hydrogen-bond acceptors (Lipinski definition) is 28. The second kappa shape index (κ2) is 37.4. The van der Waals surface area contributed by atoms with Crippen LogP contribution < -0.4 is 15.5 Å². The Kier molecular flexibility index (Phi) is 30.7. The van der Waals surface area contributed by atoms with Crippen molar-refractivity contribution >= 4 is 147 Å². The van der Waals surface area contributed by atoms with Crippen LogP contribution >= 0.6 is 34.6 Å². The fourth-order valence-electron chi connectivity index (χ4n) is 7.98. The molecular formula is C56H62N14O19S6. The van der Waals surface area contributed by atoms with Crippen molar-refractivity contribution in [2.75, 3.05) is 28.6 Å². The summed E-state index contributed by atoms with van der Waals surface area (Å²) in [6.45, 7) is 12.4. The van der Waals surface area contributed by atoms with Crippen LogP contribution in [0.2, 0.25) is 0 Å². The quantitative estimate of drug-likeness (QED) is 0.0130. The summed E-state index contributed by atoms with van der Waals surface area (Å²) in [5.74, 6) is 0. The van der Waals surface area contributed by atoms with E-state index in [-0.39, 0.29) is 34.9 Å². The van der Waals surface area contributed by atoms with E-state index >= 15 is 0 Å². The molecule has 8 N–H and O–H groups in total. The highest BCUT2D eigenvalue weighted by Crippen LogP contribution is 2.37. The van der Waals surface area contributed by atoms with Crippen LogP contribution in [0.15, 0.2) is 182 Å². The van der Waals surface area contributed by atoms with Crippen LogP contribution in [0.5, 0.6) is 0 Å². The first kappa shape index (κ1) is 78.0. The number of non-ortho nitro benzene ring substituents is 3. The first-order valence-corrected chi connectivity index (χ1v) is 33.4. The Morgan fingerprint density at radius 1 is 0.526 bits per heavy atom. The van der Waals surface area contributed by atoms with E-state index in [4.69, 9.17) is 43.5 Å². The van der Waals surface area contributed by atoms with Crippen LogP contribution in [0.4, 0.5) is 49.1 Å². The van der Waals surface area contributed by atoms with Gasteiger partial charge >= 0.3 is 31.0 Å². The minimum Gasteiger partial charge on any atom is -0.389 e. The predicted molar refractivity (Wildman–Crippen MR) is 362 cm³/mol. The molecule has 0 radical (unpaired) electrons. The van der Waals surface area contributed by atoms with Crippen LogP contribution in [0, 0.1) is 30.3 Å². The summed E-state index contributed by atoms with van der Waals surface area (Å²) in [5.41, 5.74) is 15.6. The van der Waals surface area contributed by atoms with Gasteiger partial charge in [-0.25, -0.2) is 10.5 Å². The van der Waals surface area contributed by atoms with Gasteiger partial charge in [0.25, 0.3) is 17.1 Å². The lowest BCUT2D eigenvalue weighted by molar-refractivity contribution is -0.384. The lowest BCUT2D eigenvalue weighted by Gasteiger charge is -2.24. The SMILES string of the molecule is C.CCc1cc(N(CC)Cc2ccccc2)ccc1N=Nc1snc2ccc([N+](=O)[O-])cc12.CCc1cccc(N(CC)Cc2ccccc2)c1.Nc1snc2ccc([N+](=O)[O-])cc12.O=S(=O)(O)O.O=S(O)(=NO)OO.O=[N+]([O-])c1ccc2nsc(N=NS(=O)(=O)OO)c2c1. The van der Waals surface area contributed by atoms with E-state index in [1.165, 1.54) is 76.4 Å². The molecule has 1 unspecified atom stereocenters. The van der Waals surface area contributed by atoms with Crippen molar-refractivity contribution in [3.8, 4) is 0 Å². The van der Waals surface area contributed by atoms with E-state index in [1.807, 2.05) is 12.1 Å². The number of nitrogens with two attached hydrogens (primary N) is 1. The van der Waals surface area contributed by atoms with E-state index in [1.54, 1.807) is 16.7 Å². The fraction of sp³-hybridized carbons (Fsp3) is 0.196. The molecule has 0 bridgehead atoms. The first-order valence-electron chi connectivity index (χ1n) is 26.9. The molecule has 506 valence electrons. The monoisotopic (exact) mass is 1430 g/mol. The number of rotatable bonds is 19. The molecule has 0 saturated heterocycles. The van der Waals surface area contributed by atoms with Crippen molar-refractivity contribution < 1.29 is 73.9 Å². The van der Waals surface area contributed by atoms with Gasteiger partial charge in [0.2, 0.25) is 0 Å². The van der Waals surface area contributed by atoms with E-state index in [0.717, 1.165) is 79.0 Å². The van der Waals surface area contributed by atoms with Gasteiger partial charge in [-0.05, 0) is 141 Å². The Labute approximate surface area is 555 Å². The minimum atomic E-state index is -4.67. The molecule has 7 aromatic carbocycles. The van der Waals surface area contributed by atoms with Crippen molar-refractivity contribution in [1.29, 1.82) is 0 Å². The van der Waals surface area contributed by atoms with E-state index in [9.17, 15) is 43.0 Å². The lowest BCUT2D eigenvalue weighted by Crippen LogP contribution is -2.22. The maximum atomic E-state index is 11.1. The van der Waals surface area contributed by atoms with Crippen LogP contribution in [-0.2, 0) is 65.6 Å². The van der Waals surface area contributed by atoms with Crippen molar-refractivity contribution in [3.05, 3.63) is 210 Å². The molecule has 0 aliphatic heterocycles. The summed E-state index contributed by atoms with van der Waals surface area (Å²) in [6, 6.07) is 49.0. The van der Waals surface area contributed by atoms with Gasteiger partial charge in [0, 0.05) is 90.1 Å². The van der Waals surface area contributed by atoms with Crippen LogP contribution in [0.3, 0.4) is 0 Å². The molecule has 3 aromatic heterocycles. The molecule has 0 aliphatic carbocycles. The van der Waals surface area contributed by atoms with Crippen LogP contribution in [0.1, 0.15) is 57.4 Å². The second-order valence-electron chi connectivity index (χ2n) is 18.5. The van der Waals surface area contributed by atoms with Gasteiger partial charge in [-0.15, -0.1) is 19.7 Å². The van der Waals surface area contributed by atoms with Crippen molar-refractivity contribution in [2.24, 2.45) is 24.4 Å². The topological polar surface area (TPSA) is 488 Å². The normalized spacial score (nSPS) is 11.6. The van der Waals surface area contributed by atoms with Gasteiger partial charge < -0.3 is 15.5 Å². The number of hydrogen-bond donors (Lipinski definition) is 7. The smallest absolute Gasteiger partial charge is 0.389 e. The zero-order valence-corrected chi connectivity index (χ0v) is 54.5. The summed E-state index contributed by atoms with van der Waals surface area (Å²) in [4.78, 5) is 35.4. The lowest BCUT2D eigenvalue weighted by atomic mass is 10.1. The van der Waals surface area contributed by atoms with Crippen LogP contribution in [0.25, 0.3) is 32.7 Å². The third kappa shape index (κ3) is 25.1. The molecule has 10 rings (SSSR count). The molecule has 33 nitrogen and oxygen atoms in total. The largest absolute Gasteiger partial charge is 0.425 e. The molecule has 3 heterocycles. The van der Waals surface area contributed by atoms with Crippen molar-refractivity contribution in [2.45, 2.75) is 61.1 Å². The molecule has 39 heteroatoms. The molecule has 0 aliphatic rings. The summed E-state index contributed by atoms with van der Waals surface area (Å²) in [7, 11) is -13.4. The fourth-order valence-corrected chi connectivity index (χ4v) is 10.3. The molecule has 95 heavy (non-hydrogen) atoms. The average molecular weight is 1430 g/mol. The maximum Gasteiger partial charge on any atom is 0.425 e. The molecule has 0 fully saturated rings. The molecule has 1 atom stereocenters. The van der Waals surface area contributed by atoms with Crippen molar-refractivity contribution in [1.82, 2.24) is 13.1 Å². The number of azo groups is 1. The minimum absolute atomic E-state index is 0. The zero-order chi connectivity index (χ0) is 69.2. The summed E-state index contributed by atoms with van der Waals surface area (Å²) < 4.78 is 93.1. The van der Waals surface area contributed by atoms with Gasteiger partial charge in [-0.1, -0.05) is 98.4 Å². The van der Waals surface area contributed by atoms with Gasteiger partial charge in [-0.2, -0.15) is 34.2 Å². The number of nitro benzene ring substituents is 3. The van der Waals surface area contributed by atoms with Gasteiger partial charge in [-0.3, -0.25) is 49.2 Å². The van der Waals surface area contributed by atoms with E-state index in [0.29, 0.717) is 37.3 Å². The Morgan fingerprint density at radius 2 is 0.958 bits per heavy atom. The third-order valence-corrected chi connectivity index (χ3v) is 15.6. The first-order chi connectivity index (χ1) is 44.6. The number of aromatic nitrogens is 3. The predicted octanol–water partition coefficient (Wildman–Crippen LogP) is 15.0. The number of nitro groups is 3. The van der Waals surface area contributed by atoms with E-state index in [2.05, 4.69) is 170 Å². The highest BCUT2D eigenvalue weighted by molar-refractivity contribution is 7.85. The average Bonchev–Trinajstić information content (AvgIpc) is 2.06.